The first kappa shape index (κ1) is 18.3. The lowest BCUT2D eigenvalue weighted by Gasteiger charge is -2.12. The molecule has 0 saturated heterocycles. The lowest BCUT2D eigenvalue weighted by atomic mass is 10.1. The van der Waals surface area contributed by atoms with Gasteiger partial charge in [-0.2, -0.15) is 0 Å². The number of aryl methyl sites for hydroxylation is 1. The van der Waals surface area contributed by atoms with Crippen LogP contribution in [0.25, 0.3) is 0 Å². The molecule has 0 aromatic heterocycles. The Hall–Kier alpha value is -3.02. The smallest absolute Gasteiger partial charge is 0.251 e. The lowest BCUT2D eigenvalue weighted by molar-refractivity contribution is -0.116. The second kappa shape index (κ2) is 8.73. The number of nitrogens with one attached hydrogen (secondary N) is 2. The van der Waals surface area contributed by atoms with Gasteiger partial charge in [-0.05, 0) is 31.2 Å². The van der Waals surface area contributed by atoms with Gasteiger partial charge >= 0.3 is 0 Å². The average molecular weight is 342 g/mol. The van der Waals surface area contributed by atoms with Gasteiger partial charge in [-0.15, -0.1) is 0 Å². The Bertz CT molecular complexity index is 759. The van der Waals surface area contributed by atoms with Gasteiger partial charge in [0.2, 0.25) is 5.91 Å². The molecule has 132 valence electrons. The molecule has 0 aliphatic heterocycles. The number of carbonyl (C=O) groups is 2. The molecule has 0 fully saturated rings. The third-order valence-corrected chi connectivity index (χ3v) is 3.60. The van der Waals surface area contributed by atoms with Gasteiger partial charge in [0.15, 0.2) is 0 Å². The van der Waals surface area contributed by atoms with E-state index in [1.807, 2.05) is 19.1 Å². The highest BCUT2D eigenvalue weighted by atomic mass is 16.5. The van der Waals surface area contributed by atoms with E-state index >= 15 is 0 Å². The summed E-state index contributed by atoms with van der Waals surface area (Å²) >= 11 is 0. The quantitative estimate of drug-likeness (QED) is 0.811. The van der Waals surface area contributed by atoms with E-state index in [4.69, 9.17) is 9.47 Å². The molecular weight excluding hydrogens is 320 g/mol. The van der Waals surface area contributed by atoms with Gasteiger partial charge in [0.05, 0.1) is 19.9 Å². The van der Waals surface area contributed by atoms with Crippen LogP contribution in [0.2, 0.25) is 0 Å². The minimum atomic E-state index is -0.226. The standard InChI is InChI=1S/C19H22N2O4/c1-13-5-4-6-14(11-13)19(23)20-10-9-18(22)21-16-12-15(24-2)7-8-17(16)25-3/h4-8,11-12H,9-10H2,1-3H3,(H,20,23)(H,21,22). The molecule has 0 radical (unpaired) electrons. The maximum Gasteiger partial charge on any atom is 0.251 e. The number of carbonyl (C=O) groups excluding carboxylic acids is 2. The van der Waals surface area contributed by atoms with Crippen molar-refractivity contribution in [3.05, 3.63) is 53.6 Å². The van der Waals surface area contributed by atoms with E-state index in [-0.39, 0.29) is 24.8 Å². The summed E-state index contributed by atoms with van der Waals surface area (Å²) in [6.07, 6.45) is 0.151. The van der Waals surface area contributed by atoms with Crippen LogP contribution in [0.5, 0.6) is 11.5 Å². The Kier molecular flexibility index (Phi) is 6.39. The molecule has 0 spiro atoms. The molecule has 0 heterocycles. The van der Waals surface area contributed by atoms with Crippen LogP contribution < -0.4 is 20.1 Å². The summed E-state index contributed by atoms with van der Waals surface area (Å²) in [5.41, 5.74) is 2.11. The lowest BCUT2D eigenvalue weighted by Crippen LogP contribution is -2.27. The van der Waals surface area contributed by atoms with E-state index in [1.54, 1.807) is 37.4 Å². The molecule has 0 atom stereocenters. The monoisotopic (exact) mass is 342 g/mol. The van der Waals surface area contributed by atoms with E-state index in [0.717, 1.165) is 5.56 Å². The third kappa shape index (κ3) is 5.24. The summed E-state index contributed by atoms with van der Waals surface area (Å²) in [7, 11) is 3.08. The second-order valence-electron chi connectivity index (χ2n) is 5.49. The first-order valence-corrected chi connectivity index (χ1v) is 7.90. The number of amides is 2. The van der Waals surface area contributed by atoms with E-state index in [9.17, 15) is 9.59 Å². The van der Waals surface area contributed by atoms with Gasteiger partial charge < -0.3 is 20.1 Å². The first-order chi connectivity index (χ1) is 12.0. The largest absolute Gasteiger partial charge is 0.497 e. The number of hydrogen-bond acceptors (Lipinski definition) is 4. The maximum atomic E-state index is 12.1. The normalized spacial score (nSPS) is 10.0. The highest BCUT2D eigenvalue weighted by Gasteiger charge is 2.10. The minimum absolute atomic E-state index is 0.151. The van der Waals surface area contributed by atoms with Gasteiger partial charge in [0.25, 0.3) is 5.91 Å². The van der Waals surface area contributed by atoms with Gasteiger partial charge in [-0.25, -0.2) is 0 Å². The van der Waals surface area contributed by atoms with Crippen molar-refractivity contribution in [3.8, 4) is 11.5 Å². The number of ether oxygens (including phenoxy) is 2. The summed E-state index contributed by atoms with van der Waals surface area (Å²) < 4.78 is 10.4. The Labute approximate surface area is 147 Å². The van der Waals surface area contributed by atoms with Gasteiger partial charge in [0, 0.05) is 24.6 Å². The zero-order valence-electron chi connectivity index (χ0n) is 14.6. The van der Waals surface area contributed by atoms with Crippen LogP contribution in [-0.2, 0) is 4.79 Å². The molecule has 0 aliphatic rings. The fourth-order valence-electron chi connectivity index (χ4n) is 2.30. The topological polar surface area (TPSA) is 76.7 Å². The molecule has 2 N–H and O–H groups in total. The molecule has 6 heteroatoms. The molecule has 2 amide bonds. The Balaban J connectivity index is 1.88. The van der Waals surface area contributed by atoms with Crippen molar-refractivity contribution in [2.75, 3.05) is 26.1 Å². The Morgan fingerprint density at radius 2 is 1.84 bits per heavy atom. The number of rotatable bonds is 7. The van der Waals surface area contributed by atoms with Gasteiger partial charge in [0.1, 0.15) is 11.5 Å². The van der Waals surface area contributed by atoms with E-state index in [0.29, 0.717) is 22.7 Å². The Morgan fingerprint density at radius 3 is 2.52 bits per heavy atom. The third-order valence-electron chi connectivity index (χ3n) is 3.60. The maximum absolute atomic E-state index is 12.1. The molecule has 2 aromatic carbocycles. The van der Waals surface area contributed by atoms with Crippen molar-refractivity contribution < 1.29 is 19.1 Å². The van der Waals surface area contributed by atoms with Crippen LogP contribution in [0.15, 0.2) is 42.5 Å². The Morgan fingerprint density at radius 1 is 1.04 bits per heavy atom. The molecule has 6 nitrogen and oxygen atoms in total. The van der Waals surface area contributed by atoms with Crippen LogP contribution in [-0.4, -0.2) is 32.6 Å². The molecule has 0 unspecified atom stereocenters. The highest BCUT2D eigenvalue weighted by molar-refractivity contribution is 5.95. The zero-order valence-corrected chi connectivity index (χ0v) is 14.6. The minimum Gasteiger partial charge on any atom is -0.497 e. The second-order valence-corrected chi connectivity index (χ2v) is 5.49. The van der Waals surface area contributed by atoms with Crippen molar-refractivity contribution in [2.45, 2.75) is 13.3 Å². The highest BCUT2D eigenvalue weighted by Crippen LogP contribution is 2.28. The van der Waals surface area contributed by atoms with Crippen molar-refractivity contribution in [3.63, 3.8) is 0 Å². The van der Waals surface area contributed by atoms with Gasteiger partial charge in [-0.3, -0.25) is 9.59 Å². The predicted molar refractivity (Wildman–Crippen MR) is 96.3 cm³/mol. The van der Waals surface area contributed by atoms with Crippen LogP contribution in [0.4, 0.5) is 5.69 Å². The molecule has 2 rings (SSSR count). The SMILES string of the molecule is COc1ccc(OC)c(NC(=O)CCNC(=O)c2cccc(C)c2)c1. The van der Waals surface area contributed by atoms with Crippen molar-refractivity contribution in [2.24, 2.45) is 0 Å². The first-order valence-electron chi connectivity index (χ1n) is 7.90. The van der Waals surface area contributed by atoms with Crippen molar-refractivity contribution in [1.29, 1.82) is 0 Å². The summed E-state index contributed by atoms with van der Waals surface area (Å²) in [6.45, 7) is 2.16. The zero-order chi connectivity index (χ0) is 18.2. The fourth-order valence-corrected chi connectivity index (χ4v) is 2.30. The van der Waals surface area contributed by atoms with Gasteiger partial charge in [-0.1, -0.05) is 17.7 Å². The van der Waals surface area contributed by atoms with Crippen LogP contribution in [0, 0.1) is 6.92 Å². The van der Waals surface area contributed by atoms with Crippen LogP contribution in [0.3, 0.4) is 0 Å². The van der Waals surface area contributed by atoms with Crippen LogP contribution in [0.1, 0.15) is 22.3 Å². The van der Waals surface area contributed by atoms with E-state index in [2.05, 4.69) is 10.6 Å². The summed E-state index contributed by atoms with van der Waals surface area (Å²) in [6, 6.07) is 12.4. The van der Waals surface area contributed by atoms with E-state index in [1.165, 1.54) is 7.11 Å². The summed E-state index contributed by atoms with van der Waals surface area (Å²) in [5.74, 6) is 0.730. The summed E-state index contributed by atoms with van der Waals surface area (Å²) in [4.78, 5) is 24.1. The number of benzene rings is 2. The van der Waals surface area contributed by atoms with Crippen molar-refractivity contribution in [1.82, 2.24) is 5.32 Å². The molecule has 0 bridgehead atoms. The van der Waals surface area contributed by atoms with E-state index < -0.39 is 0 Å². The summed E-state index contributed by atoms with van der Waals surface area (Å²) in [5, 5.41) is 5.50. The molecular formula is C19H22N2O4. The van der Waals surface area contributed by atoms with Crippen LogP contribution >= 0.6 is 0 Å². The molecule has 25 heavy (non-hydrogen) atoms. The number of hydrogen-bond donors (Lipinski definition) is 2. The predicted octanol–water partition coefficient (Wildman–Crippen LogP) is 2.77. The van der Waals surface area contributed by atoms with Crippen molar-refractivity contribution >= 4 is 17.5 Å². The number of anilines is 1. The average Bonchev–Trinajstić information content (AvgIpc) is 2.61. The molecule has 0 aliphatic carbocycles. The molecule has 2 aromatic rings. The fraction of sp³-hybridized carbons (Fsp3) is 0.263. The number of methoxy groups -OCH3 is 2. The molecule has 0 saturated carbocycles.